The average molecular weight is 468 g/mol. The maximum atomic E-state index is 14.4. The van der Waals surface area contributed by atoms with E-state index in [9.17, 15) is 9.65 Å². The van der Waals surface area contributed by atoms with Crippen molar-refractivity contribution in [3.8, 4) is 34.2 Å². The second kappa shape index (κ2) is 6.69. The maximum Gasteiger partial charge on any atom is 0.170 e. The van der Waals surface area contributed by atoms with Gasteiger partial charge in [0.25, 0.3) is 0 Å². The van der Waals surface area contributed by atoms with Crippen molar-refractivity contribution in [2.24, 2.45) is 7.05 Å². The van der Waals surface area contributed by atoms with Crippen LogP contribution < -0.4 is 10.5 Å². The summed E-state index contributed by atoms with van der Waals surface area (Å²) in [5.41, 5.74) is 12.3. The van der Waals surface area contributed by atoms with Gasteiger partial charge < -0.3 is 10.5 Å². The van der Waals surface area contributed by atoms with Gasteiger partial charge in [-0.3, -0.25) is 9.36 Å². The van der Waals surface area contributed by atoms with Crippen LogP contribution >= 0.6 is 0 Å². The molecular formula is C26H22FN7O. The summed E-state index contributed by atoms with van der Waals surface area (Å²) in [6.07, 6.45) is 6.10. The first-order valence-electron chi connectivity index (χ1n) is 11.7. The number of nitrogen functional groups attached to an aromatic ring is 1. The van der Waals surface area contributed by atoms with Crippen LogP contribution in [0.1, 0.15) is 60.7 Å². The van der Waals surface area contributed by atoms with Crippen molar-refractivity contribution in [2.45, 2.75) is 43.7 Å². The highest BCUT2D eigenvalue weighted by Crippen LogP contribution is 2.60. The van der Waals surface area contributed by atoms with Crippen LogP contribution in [0.3, 0.4) is 0 Å². The Labute approximate surface area is 200 Å². The highest BCUT2D eigenvalue weighted by Gasteiger charge is 2.56. The maximum absolute atomic E-state index is 14.4. The molecule has 174 valence electrons. The van der Waals surface area contributed by atoms with Gasteiger partial charge in [-0.25, -0.2) is 9.37 Å². The number of ether oxygens (including phenoxy) is 1. The molecule has 4 aromatic rings. The van der Waals surface area contributed by atoms with Gasteiger partial charge in [0.15, 0.2) is 17.3 Å². The van der Waals surface area contributed by atoms with Gasteiger partial charge in [0.1, 0.15) is 18.0 Å². The van der Waals surface area contributed by atoms with Gasteiger partial charge in [-0.2, -0.15) is 15.5 Å². The lowest BCUT2D eigenvalue weighted by Crippen LogP contribution is -2.13. The van der Waals surface area contributed by atoms with E-state index in [-0.39, 0.29) is 23.1 Å². The molecule has 1 saturated carbocycles. The standard InChI is InChI=1S/C26H22FN7O/c1-13-17-8-15(27)3-4-16(17)23-19(12-33(2)32-23)18-9-26(5-6-26)34-24(18)22(20(10-28)31-34)14-7-21(35-13)25(29)30-11-14/h3-4,7-8,11-13,18H,5-6,9H2,1-2H3,(H2,29,30)/t13-,18?/m1/s1. The molecule has 9 heteroatoms. The van der Waals surface area contributed by atoms with E-state index in [1.54, 1.807) is 16.9 Å². The van der Waals surface area contributed by atoms with Crippen molar-refractivity contribution in [1.82, 2.24) is 24.5 Å². The summed E-state index contributed by atoms with van der Waals surface area (Å²) in [5.74, 6) is 0.235. The van der Waals surface area contributed by atoms with Crippen LogP contribution in [0.5, 0.6) is 5.75 Å². The number of anilines is 1. The van der Waals surface area contributed by atoms with Gasteiger partial charge in [0.05, 0.1) is 16.9 Å². The van der Waals surface area contributed by atoms with Gasteiger partial charge in [0, 0.05) is 53.2 Å². The molecule has 7 rings (SSSR count). The third-order valence-electron chi connectivity index (χ3n) is 7.63. The lowest BCUT2D eigenvalue weighted by molar-refractivity contribution is 0.227. The summed E-state index contributed by atoms with van der Waals surface area (Å²) in [6, 6.07) is 8.83. The summed E-state index contributed by atoms with van der Waals surface area (Å²) in [5, 5.41) is 19.6. The SMILES string of the molecule is C[C@H]1Oc2cc(cnc2N)-c2c(C#N)nn3c2C(CC32CC2)c2cn(C)nc2-c2ccc(F)cc21. The number of nitriles is 1. The molecule has 8 nitrogen and oxygen atoms in total. The minimum atomic E-state index is -0.523. The smallest absolute Gasteiger partial charge is 0.170 e. The molecule has 5 heterocycles. The Kier molecular flexibility index (Phi) is 3.86. The normalized spacial score (nSPS) is 20.6. The molecule has 35 heavy (non-hydrogen) atoms. The summed E-state index contributed by atoms with van der Waals surface area (Å²) in [4.78, 5) is 4.38. The van der Waals surface area contributed by atoms with Gasteiger partial charge >= 0.3 is 0 Å². The van der Waals surface area contributed by atoms with Crippen LogP contribution in [0, 0.1) is 17.1 Å². The van der Waals surface area contributed by atoms with Crippen molar-refractivity contribution in [3.63, 3.8) is 0 Å². The molecule has 3 aromatic heterocycles. The zero-order valence-electron chi connectivity index (χ0n) is 19.3. The molecule has 2 atom stereocenters. The van der Waals surface area contributed by atoms with Crippen LogP contribution in [-0.2, 0) is 12.6 Å². The number of nitrogens with zero attached hydrogens (tertiary/aromatic N) is 6. The molecule has 1 spiro atoms. The van der Waals surface area contributed by atoms with E-state index < -0.39 is 6.10 Å². The minimum Gasteiger partial charge on any atom is -0.482 e. The lowest BCUT2D eigenvalue weighted by Gasteiger charge is -2.22. The van der Waals surface area contributed by atoms with Crippen LogP contribution in [-0.4, -0.2) is 24.5 Å². The van der Waals surface area contributed by atoms with Gasteiger partial charge in [0.2, 0.25) is 0 Å². The second-order valence-electron chi connectivity index (χ2n) is 9.82. The Morgan fingerprint density at radius 1 is 1.23 bits per heavy atom. The topological polar surface area (TPSA) is 108 Å². The summed E-state index contributed by atoms with van der Waals surface area (Å²) >= 11 is 0. The number of fused-ring (bicyclic) bond motifs is 8. The Bertz CT molecular complexity index is 1590. The monoisotopic (exact) mass is 467 g/mol. The summed E-state index contributed by atoms with van der Waals surface area (Å²) in [6.45, 7) is 1.86. The third-order valence-corrected chi connectivity index (χ3v) is 7.63. The van der Waals surface area contributed by atoms with E-state index in [0.717, 1.165) is 52.9 Å². The molecule has 2 N–H and O–H groups in total. The largest absolute Gasteiger partial charge is 0.482 e. The van der Waals surface area contributed by atoms with Crippen LogP contribution in [0.15, 0.2) is 36.7 Å². The number of hydrogen-bond acceptors (Lipinski definition) is 6. The minimum absolute atomic E-state index is 0.0274. The number of nitrogens with two attached hydrogens (primary N) is 1. The van der Waals surface area contributed by atoms with Gasteiger partial charge in [-0.05, 0) is 50.5 Å². The van der Waals surface area contributed by atoms with E-state index in [1.165, 1.54) is 12.1 Å². The molecule has 1 aliphatic carbocycles. The predicted octanol–water partition coefficient (Wildman–Crippen LogP) is 4.42. The number of pyridine rings is 1. The van der Waals surface area contributed by atoms with Gasteiger partial charge in [-0.1, -0.05) is 0 Å². The highest BCUT2D eigenvalue weighted by molar-refractivity contribution is 5.77. The number of aryl methyl sites for hydroxylation is 1. The molecule has 2 bridgehead atoms. The van der Waals surface area contributed by atoms with Crippen molar-refractivity contribution in [1.29, 1.82) is 5.26 Å². The Morgan fingerprint density at radius 3 is 2.83 bits per heavy atom. The van der Waals surface area contributed by atoms with Crippen molar-refractivity contribution in [2.75, 3.05) is 5.73 Å². The summed E-state index contributed by atoms with van der Waals surface area (Å²) in [7, 11) is 1.89. The first-order chi connectivity index (χ1) is 16.9. The Balaban J connectivity index is 1.60. The Hall–Kier alpha value is -4.19. The van der Waals surface area contributed by atoms with Crippen LogP contribution in [0.4, 0.5) is 10.2 Å². The molecule has 0 radical (unpaired) electrons. The van der Waals surface area contributed by atoms with Crippen LogP contribution in [0.25, 0.3) is 22.4 Å². The first-order valence-corrected chi connectivity index (χ1v) is 11.7. The molecule has 2 aliphatic heterocycles. The van der Waals surface area contributed by atoms with E-state index in [2.05, 4.69) is 15.7 Å². The van der Waals surface area contributed by atoms with Crippen LogP contribution in [0.2, 0.25) is 0 Å². The van der Waals surface area contributed by atoms with E-state index >= 15 is 0 Å². The summed E-state index contributed by atoms with van der Waals surface area (Å²) < 4.78 is 24.6. The van der Waals surface area contributed by atoms with Crippen molar-refractivity contribution in [3.05, 3.63) is 65.0 Å². The molecule has 1 fully saturated rings. The van der Waals surface area contributed by atoms with E-state index in [1.807, 2.05) is 26.2 Å². The molecule has 0 saturated heterocycles. The highest BCUT2D eigenvalue weighted by atomic mass is 19.1. The molecule has 3 aliphatic rings. The molecule has 1 aromatic carbocycles. The van der Waals surface area contributed by atoms with Crippen molar-refractivity contribution < 1.29 is 9.13 Å². The van der Waals surface area contributed by atoms with Crippen molar-refractivity contribution >= 4 is 5.82 Å². The third kappa shape index (κ3) is 2.74. The fourth-order valence-corrected chi connectivity index (χ4v) is 5.85. The number of halogens is 1. The molecular weight excluding hydrogens is 445 g/mol. The zero-order chi connectivity index (χ0) is 24.1. The quantitative estimate of drug-likeness (QED) is 0.410. The fourth-order valence-electron chi connectivity index (χ4n) is 5.85. The second-order valence-corrected chi connectivity index (χ2v) is 9.82. The number of benzene rings is 1. The average Bonchev–Trinajstić information content (AvgIpc) is 3.21. The first kappa shape index (κ1) is 20.2. The number of aromatic nitrogens is 5. The molecule has 1 unspecified atom stereocenters. The molecule has 0 amide bonds. The lowest BCUT2D eigenvalue weighted by atomic mass is 9.86. The zero-order valence-corrected chi connectivity index (χ0v) is 19.3. The fraction of sp³-hybridized carbons (Fsp3) is 0.308. The van der Waals surface area contributed by atoms with E-state index in [4.69, 9.17) is 20.7 Å². The van der Waals surface area contributed by atoms with Gasteiger partial charge in [-0.15, -0.1) is 0 Å². The Morgan fingerprint density at radius 2 is 2.06 bits per heavy atom. The predicted molar refractivity (Wildman–Crippen MR) is 126 cm³/mol. The number of rotatable bonds is 0. The van der Waals surface area contributed by atoms with E-state index in [0.29, 0.717) is 17.0 Å². The number of hydrogen-bond donors (Lipinski definition) is 1.